The molecular weight excluding hydrogens is 592 g/mol. The van der Waals surface area contributed by atoms with Gasteiger partial charge in [-0.15, -0.1) is 0 Å². The van der Waals surface area contributed by atoms with Gasteiger partial charge in [-0.3, -0.25) is 9.59 Å². The molecule has 0 heterocycles. The van der Waals surface area contributed by atoms with Crippen molar-refractivity contribution in [2.75, 3.05) is 0 Å². The van der Waals surface area contributed by atoms with Gasteiger partial charge in [0, 0.05) is 12.8 Å². The lowest BCUT2D eigenvalue weighted by Crippen LogP contribution is -2.18. The van der Waals surface area contributed by atoms with Gasteiger partial charge in [-0.05, 0) is 64.2 Å². The van der Waals surface area contributed by atoms with Gasteiger partial charge in [-0.2, -0.15) is 0 Å². The van der Waals surface area contributed by atoms with Gasteiger partial charge in [0.1, 0.15) is 6.10 Å². The van der Waals surface area contributed by atoms with E-state index in [1.54, 1.807) is 0 Å². The second-order valence-corrected chi connectivity index (χ2v) is 14.9. The Balaban J connectivity index is 3.75. The first-order valence-electron chi connectivity index (χ1n) is 21.7. The summed E-state index contributed by atoms with van der Waals surface area (Å²) >= 11 is 0. The standard InChI is InChI=1S/C44H84O4/c1-3-5-7-9-10-11-12-13-14-15-16-21-24-27-30-33-37-41-44(47)48-42(38-34-8-6-4-2)39-35-31-28-25-22-19-17-18-20-23-26-29-32-36-40-43(45)46/h13-14,42H,3-12,15-41H2,1-2H3,(H,45,46)/b14-13-. The van der Waals surface area contributed by atoms with Crippen LogP contribution in [0.3, 0.4) is 0 Å². The number of ether oxygens (including phenoxy) is 1. The molecule has 0 radical (unpaired) electrons. The van der Waals surface area contributed by atoms with Crippen LogP contribution < -0.4 is 0 Å². The third-order valence-corrected chi connectivity index (χ3v) is 9.99. The van der Waals surface area contributed by atoms with E-state index in [1.165, 1.54) is 186 Å². The minimum Gasteiger partial charge on any atom is -0.481 e. The van der Waals surface area contributed by atoms with Crippen LogP contribution in [-0.2, 0) is 14.3 Å². The maximum absolute atomic E-state index is 12.6. The van der Waals surface area contributed by atoms with Gasteiger partial charge in [0.15, 0.2) is 0 Å². The van der Waals surface area contributed by atoms with E-state index < -0.39 is 5.97 Å². The Kier molecular flexibility index (Phi) is 39.0. The zero-order chi connectivity index (χ0) is 35.0. The van der Waals surface area contributed by atoms with Crippen molar-refractivity contribution in [2.45, 2.75) is 258 Å². The van der Waals surface area contributed by atoms with Crippen LogP contribution in [0.15, 0.2) is 12.2 Å². The molecule has 0 bridgehead atoms. The number of carboxylic acids is 1. The highest BCUT2D eigenvalue weighted by atomic mass is 16.5. The minimum atomic E-state index is -0.664. The summed E-state index contributed by atoms with van der Waals surface area (Å²) in [6.07, 6.45) is 49.9. The van der Waals surface area contributed by atoms with Gasteiger partial charge < -0.3 is 9.84 Å². The van der Waals surface area contributed by atoms with E-state index >= 15 is 0 Å². The number of carbonyl (C=O) groups excluding carboxylic acids is 1. The summed E-state index contributed by atoms with van der Waals surface area (Å²) in [5.74, 6) is -0.621. The highest BCUT2D eigenvalue weighted by molar-refractivity contribution is 5.69. The van der Waals surface area contributed by atoms with Crippen LogP contribution in [0.4, 0.5) is 0 Å². The molecule has 0 aliphatic rings. The van der Waals surface area contributed by atoms with Crippen LogP contribution in [0.1, 0.15) is 251 Å². The van der Waals surface area contributed by atoms with Crippen molar-refractivity contribution in [1.82, 2.24) is 0 Å². The summed E-state index contributed by atoms with van der Waals surface area (Å²) < 4.78 is 6.02. The molecule has 0 aliphatic heterocycles. The van der Waals surface area contributed by atoms with Crippen molar-refractivity contribution < 1.29 is 19.4 Å². The van der Waals surface area contributed by atoms with Crippen LogP contribution in [0.25, 0.3) is 0 Å². The lowest BCUT2D eigenvalue weighted by atomic mass is 10.0. The summed E-state index contributed by atoms with van der Waals surface area (Å²) in [6.45, 7) is 4.53. The fourth-order valence-corrected chi connectivity index (χ4v) is 6.77. The molecule has 0 spiro atoms. The number of allylic oxidation sites excluding steroid dienone is 2. The van der Waals surface area contributed by atoms with E-state index in [0.29, 0.717) is 12.8 Å². The van der Waals surface area contributed by atoms with E-state index in [9.17, 15) is 9.59 Å². The highest BCUT2D eigenvalue weighted by Gasteiger charge is 2.14. The molecule has 4 nitrogen and oxygen atoms in total. The third-order valence-electron chi connectivity index (χ3n) is 9.99. The average molecular weight is 677 g/mol. The van der Waals surface area contributed by atoms with E-state index in [4.69, 9.17) is 9.84 Å². The van der Waals surface area contributed by atoms with Crippen LogP contribution in [0.2, 0.25) is 0 Å². The van der Waals surface area contributed by atoms with E-state index in [2.05, 4.69) is 26.0 Å². The maximum atomic E-state index is 12.6. The first-order valence-corrected chi connectivity index (χ1v) is 21.7. The monoisotopic (exact) mass is 677 g/mol. The fourth-order valence-electron chi connectivity index (χ4n) is 6.77. The van der Waals surface area contributed by atoms with Gasteiger partial charge >= 0.3 is 11.9 Å². The zero-order valence-corrected chi connectivity index (χ0v) is 32.6. The van der Waals surface area contributed by atoms with Crippen molar-refractivity contribution in [2.24, 2.45) is 0 Å². The second-order valence-electron chi connectivity index (χ2n) is 14.9. The van der Waals surface area contributed by atoms with Gasteiger partial charge in [0.05, 0.1) is 0 Å². The Morgan fingerprint density at radius 3 is 1.15 bits per heavy atom. The topological polar surface area (TPSA) is 63.6 Å². The van der Waals surface area contributed by atoms with Gasteiger partial charge in [-0.25, -0.2) is 0 Å². The molecule has 0 fully saturated rings. The van der Waals surface area contributed by atoms with Gasteiger partial charge in [0.25, 0.3) is 0 Å². The molecule has 0 aromatic carbocycles. The molecule has 0 rings (SSSR count). The van der Waals surface area contributed by atoms with E-state index in [0.717, 1.165) is 38.5 Å². The molecule has 0 amide bonds. The lowest BCUT2D eigenvalue weighted by molar-refractivity contribution is -0.150. The molecule has 0 saturated heterocycles. The van der Waals surface area contributed by atoms with Crippen molar-refractivity contribution in [3.8, 4) is 0 Å². The summed E-state index contributed by atoms with van der Waals surface area (Å²) in [4.78, 5) is 23.2. The number of carbonyl (C=O) groups is 2. The summed E-state index contributed by atoms with van der Waals surface area (Å²) in [6, 6.07) is 0. The zero-order valence-electron chi connectivity index (χ0n) is 32.6. The largest absolute Gasteiger partial charge is 0.481 e. The lowest BCUT2D eigenvalue weighted by Gasteiger charge is -2.18. The molecule has 1 atom stereocenters. The van der Waals surface area contributed by atoms with Crippen molar-refractivity contribution in [3.63, 3.8) is 0 Å². The van der Waals surface area contributed by atoms with Crippen LogP contribution in [-0.4, -0.2) is 23.1 Å². The number of carboxylic acid groups (broad SMARTS) is 1. The van der Waals surface area contributed by atoms with Crippen LogP contribution >= 0.6 is 0 Å². The molecule has 0 aliphatic carbocycles. The van der Waals surface area contributed by atoms with Crippen molar-refractivity contribution >= 4 is 11.9 Å². The highest BCUT2D eigenvalue weighted by Crippen LogP contribution is 2.19. The Labute approximate surface area is 300 Å². The predicted molar refractivity (Wildman–Crippen MR) is 209 cm³/mol. The normalized spacial score (nSPS) is 12.2. The number of hydrogen-bond acceptors (Lipinski definition) is 3. The quantitative estimate of drug-likeness (QED) is 0.0398. The fraction of sp³-hybridized carbons (Fsp3) is 0.909. The molecule has 1 N–H and O–H groups in total. The Morgan fingerprint density at radius 1 is 0.438 bits per heavy atom. The molecule has 284 valence electrons. The predicted octanol–water partition coefficient (Wildman–Crippen LogP) is 15.0. The Hall–Kier alpha value is -1.32. The first-order chi connectivity index (χ1) is 23.6. The first kappa shape index (κ1) is 46.7. The summed E-state index contributed by atoms with van der Waals surface area (Å²) in [7, 11) is 0. The van der Waals surface area contributed by atoms with Gasteiger partial charge in [0.2, 0.25) is 0 Å². The van der Waals surface area contributed by atoms with Crippen LogP contribution in [0.5, 0.6) is 0 Å². The minimum absolute atomic E-state index is 0.0430. The van der Waals surface area contributed by atoms with E-state index in [1.807, 2.05) is 0 Å². The molecular formula is C44H84O4. The SMILES string of the molecule is CCCCCCCC/C=C\CCCCCCCCCC(=O)OC(CCCCCC)CCCCCCCCCCCCCCCCC(=O)O. The summed E-state index contributed by atoms with van der Waals surface area (Å²) in [5, 5.41) is 8.68. The number of hydrogen-bond donors (Lipinski definition) is 1. The molecule has 4 heteroatoms. The third kappa shape index (κ3) is 39.1. The number of esters is 1. The van der Waals surface area contributed by atoms with Crippen LogP contribution in [0, 0.1) is 0 Å². The number of rotatable bonds is 40. The molecule has 1 unspecified atom stereocenters. The Morgan fingerprint density at radius 2 is 0.750 bits per heavy atom. The smallest absolute Gasteiger partial charge is 0.306 e. The summed E-state index contributed by atoms with van der Waals surface area (Å²) in [5.41, 5.74) is 0. The molecule has 0 aromatic rings. The average Bonchev–Trinajstić information content (AvgIpc) is 3.07. The van der Waals surface area contributed by atoms with Crippen molar-refractivity contribution in [3.05, 3.63) is 12.2 Å². The van der Waals surface area contributed by atoms with E-state index in [-0.39, 0.29) is 12.1 Å². The molecule has 0 saturated carbocycles. The number of unbranched alkanes of at least 4 members (excludes halogenated alkanes) is 29. The Bertz CT molecular complexity index is 687. The maximum Gasteiger partial charge on any atom is 0.306 e. The molecule has 48 heavy (non-hydrogen) atoms. The van der Waals surface area contributed by atoms with Crippen molar-refractivity contribution in [1.29, 1.82) is 0 Å². The number of aliphatic carboxylic acids is 1. The second kappa shape index (κ2) is 40.1. The molecule has 0 aromatic heterocycles. The van der Waals surface area contributed by atoms with Gasteiger partial charge in [-0.1, -0.05) is 187 Å².